The van der Waals surface area contributed by atoms with E-state index in [1.165, 1.54) is 5.56 Å². The number of methoxy groups -OCH3 is 2. The van der Waals surface area contributed by atoms with Crippen molar-refractivity contribution >= 4 is 0 Å². The summed E-state index contributed by atoms with van der Waals surface area (Å²) >= 11 is 0. The number of hydrogen-bond acceptors (Lipinski definition) is 6. The Morgan fingerprint density at radius 2 is 1.96 bits per heavy atom. The highest BCUT2D eigenvalue weighted by Gasteiger charge is 2.24. The molecule has 2 aromatic heterocycles. The van der Waals surface area contributed by atoms with Crippen molar-refractivity contribution in [3.8, 4) is 11.5 Å². The van der Waals surface area contributed by atoms with Gasteiger partial charge in [-0.25, -0.2) is 4.98 Å². The Kier molecular flexibility index (Phi) is 5.06. The Labute approximate surface area is 163 Å². The van der Waals surface area contributed by atoms with Crippen molar-refractivity contribution in [1.82, 2.24) is 24.2 Å². The first kappa shape index (κ1) is 18.5. The molecule has 1 unspecified atom stereocenters. The Balaban J connectivity index is 1.48. The molecule has 0 radical (unpaired) electrons. The van der Waals surface area contributed by atoms with Crippen molar-refractivity contribution in [3.63, 3.8) is 0 Å². The molecule has 1 aromatic carbocycles. The number of aryl methyl sites for hydroxylation is 1. The lowest BCUT2D eigenvalue weighted by molar-refractivity contribution is 0.194. The average Bonchev–Trinajstić information content (AvgIpc) is 3.33. The summed E-state index contributed by atoms with van der Waals surface area (Å²) in [6.07, 6.45) is 2.68. The van der Waals surface area contributed by atoms with Gasteiger partial charge in [-0.1, -0.05) is 6.07 Å². The molecule has 8 nitrogen and oxygen atoms in total. The smallest absolute Gasteiger partial charge is 0.161 e. The number of rotatable bonds is 6. The first-order chi connectivity index (χ1) is 13.6. The maximum Gasteiger partial charge on any atom is 0.161 e. The molecule has 3 aromatic rings. The molecule has 0 bridgehead atoms. The number of aliphatic hydroxyl groups is 1. The van der Waals surface area contributed by atoms with E-state index in [0.29, 0.717) is 11.5 Å². The third-order valence-corrected chi connectivity index (χ3v) is 5.13. The Bertz CT molecular complexity index is 965. The van der Waals surface area contributed by atoms with Crippen molar-refractivity contribution in [1.29, 1.82) is 0 Å². The van der Waals surface area contributed by atoms with E-state index < -0.39 is 6.10 Å². The number of imidazole rings is 1. The number of nitrogens with zero attached hydrogens (tertiary/aromatic N) is 5. The SMILES string of the molecule is COc1ccc(CN2CCn3nc(C(O)c4nccn4C)cc3C2)cc1OC. The number of ether oxygens (including phenoxy) is 2. The van der Waals surface area contributed by atoms with E-state index in [-0.39, 0.29) is 0 Å². The van der Waals surface area contributed by atoms with Crippen LogP contribution in [0.25, 0.3) is 0 Å². The maximum absolute atomic E-state index is 10.6. The molecule has 0 amide bonds. The van der Waals surface area contributed by atoms with Crippen LogP contribution in [0.3, 0.4) is 0 Å². The highest BCUT2D eigenvalue weighted by atomic mass is 16.5. The van der Waals surface area contributed by atoms with Gasteiger partial charge in [0.2, 0.25) is 0 Å². The van der Waals surface area contributed by atoms with Gasteiger partial charge in [0.15, 0.2) is 17.6 Å². The number of aromatic nitrogens is 4. The van der Waals surface area contributed by atoms with Crippen LogP contribution in [-0.4, -0.2) is 50.1 Å². The van der Waals surface area contributed by atoms with Gasteiger partial charge in [0.05, 0.1) is 32.2 Å². The number of aliphatic hydroxyl groups excluding tert-OH is 1. The third-order valence-electron chi connectivity index (χ3n) is 5.13. The lowest BCUT2D eigenvalue weighted by atomic mass is 10.1. The average molecular weight is 383 g/mol. The molecule has 1 N–H and O–H groups in total. The quantitative estimate of drug-likeness (QED) is 0.699. The summed E-state index contributed by atoms with van der Waals surface area (Å²) in [4.78, 5) is 6.59. The van der Waals surface area contributed by atoms with Crippen LogP contribution in [-0.2, 0) is 26.7 Å². The first-order valence-electron chi connectivity index (χ1n) is 9.24. The van der Waals surface area contributed by atoms with Crippen LogP contribution >= 0.6 is 0 Å². The molecule has 1 atom stereocenters. The summed E-state index contributed by atoms with van der Waals surface area (Å²) in [6.45, 7) is 3.26. The lowest BCUT2D eigenvalue weighted by Crippen LogP contribution is -2.33. The molecule has 3 heterocycles. The highest BCUT2D eigenvalue weighted by molar-refractivity contribution is 5.42. The van der Waals surface area contributed by atoms with Gasteiger partial charge < -0.3 is 19.1 Å². The zero-order chi connectivity index (χ0) is 19.7. The van der Waals surface area contributed by atoms with Crippen LogP contribution < -0.4 is 9.47 Å². The van der Waals surface area contributed by atoms with Crippen molar-refractivity contribution in [3.05, 3.63) is 59.4 Å². The van der Waals surface area contributed by atoms with E-state index in [4.69, 9.17) is 9.47 Å². The van der Waals surface area contributed by atoms with Crippen molar-refractivity contribution in [2.24, 2.45) is 7.05 Å². The van der Waals surface area contributed by atoms with Crippen LogP contribution in [0.4, 0.5) is 0 Å². The minimum absolute atomic E-state index is 0.595. The minimum atomic E-state index is -0.822. The lowest BCUT2D eigenvalue weighted by Gasteiger charge is -2.27. The summed E-state index contributed by atoms with van der Waals surface area (Å²) in [5, 5.41) is 15.2. The summed E-state index contributed by atoms with van der Waals surface area (Å²) in [7, 11) is 5.15. The van der Waals surface area contributed by atoms with Crippen molar-refractivity contribution in [2.75, 3.05) is 20.8 Å². The predicted octanol–water partition coefficient (Wildman–Crippen LogP) is 1.73. The molecular weight excluding hydrogens is 358 g/mol. The predicted molar refractivity (Wildman–Crippen MR) is 103 cm³/mol. The topological polar surface area (TPSA) is 77.6 Å². The molecule has 4 rings (SSSR count). The van der Waals surface area contributed by atoms with Gasteiger partial charge in [-0.2, -0.15) is 5.10 Å². The molecule has 0 saturated heterocycles. The number of hydrogen-bond donors (Lipinski definition) is 1. The molecule has 0 aliphatic carbocycles. The summed E-state index contributed by atoms with van der Waals surface area (Å²) in [6, 6.07) is 7.98. The first-order valence-corrected chi connectivity index (χ1v) is 9.24. The van der Waals surface area contributed by atoms with E-state index in [1.54, 1.807) is 20.4 Å². The maximum atomic E-state index is 10.6. The van der Waals surface area contributed by atoms with E-state index in [2.05, 4.69) is 21.0 Å². The molecular formula is C20H25N5O3. The largest absolute Gasteiger partial charge is 0.493 e. The normalized spacial score (nSPS) is 15.3. The Morgan fingerprint density at radius 1 is 1.14 bits per heavy atom. The van der Waals surface area contributed by atoms with E-state index in [0.717, 1.165) is 43.4 Å². The molecule has 0 spiro atoms. The summed E-state index contributed by atoms with van der Waals surface area (Å²) in [5.41, 5.74) is 2.89. The van der Waals surface area contributed by atoms with E-state index in [1.807, 2.05) is 40.7 Å². The second-order valence-electron chi connectivity index (χ2n) is 6.98. The minimum Gasteiger partial charge on any atom is -0.493 e. The van der Waals surface area contributed by atoms with Gasteiger partial charge in [-0.05, 0) is 23.8 Å². The second-order valence-corrected chi connectivity index (χ2v) is 6.98. The van der Waals surface area contributed by atoms with Gasteiger partial charge in [-0.3, -0.25) is 9.58 Å². The van der Waals surface area contributed by atoms with Gasteiger partial charge in [-0.15, -0.1) is 0 Å². The zero-order valence-corrected chi connectivity index (χ0v) is 16.4. The summed E-state index contributed by atoms with van der Waals surface area (Å²) < 4.78 is 14.5. The number of fused-ring (bicyclic) bond motifs is 1. The molecule has 148 valence electrons. The van der Waals surface area contributed by atoms with E-state index in [9.17, 15) is 5.11 Å². The Hall–Kier alpha value is -2.84. The van der Waals surface area contributed by atoms with Gasteiger partial charge in [0.1, 0.15) is 5.82 Å². The third kappa shape index (κ3) is 3.48. The fourth-order valence-electron chi connectivity index (χ4n) is 3.62. The molecule has 28 heavy (non-hydrogen) atoms. The highest BCUT2D eigenvalue weighted by Crippen LogP contribution is 2.29. The fourth-order valence-corrected chi connectivity index (χ4v) is 3.62. The van der Waals surface area contributed by atoms with Gasteiger partial charge in [0, 0.05) is 39.1 Å². The zero-order valence-electron chi connectivity index (χ0n) is 16.4. The van der Waals surface area contributed by atoms with Gasteiger partial charge in [0.25, 0.3) is 0 Å². The molecule has 0 saturated carbocycles. The second kappa shape index (κ2) is 7.65. The van der Waals surface area contributed by atoms with Crippen LogP contribution in [0.2, 0.25) is 0 Å². The standard InChI is InChI=1S/C20H25N5O3/c1-23-7-6-21-20(23)19(26)16-11-15-13-24(8-9-25(15)22-16)12-14-4-5-17(27-2)18(10-14)28-3/h4-7,10-11,19,26H,8-9,12-13H2,1-3H3. The molecule has 1 aliphatic rings. The summed E-state index contributed by atoms with van der Waals surface area (Å²) in [5.74, 6) is 2.07. The van der Waals surface area contributed by atoms with Crippen LogP contribution in [0.15, 0.2) is 36.7 Å². The van der Waals surface area contributed by atoms with Gasteiger partial charge >= 0.3 is 0 Å². The van der Waals surface area contributed by atoms with E-state index >= 15 is 0 Å². The fraction of sp³-hybridized carbons (Fsp3) is 0.400. The van der Waals surface area contributed by atoms with Crippen LogP contribution in [0.5, 0.6) is 11.5 Å². The molecule has 1 aliphatic heterocycles. The molecule has 8 heteroatoms. The van der Waals surface area contributed by atoms with Crippen molar-refractivity contribution < 1.29 is 14.6 Å². The van der Waals surface area contributed by atoms with Crippen LogP contribution in [0.1, 0.15) is 28.9 Å². The van der Waals surface area contributed by atoms with Crippen LogP contribution in [0, 0.1) is 0 Å². The molecule has 0 fully saturated rings. The van der Waals surface area contributed by atoms with Crippen molar-refractivity contribution in [2.45, 2.75) is 25.7 Å². The monoisotopic (exact) mass is 383 g/mol. The number of benzene rings is 1. The Morgan fingerprint density at radius 3 is 2.68 bits per heavy atom.